The predicted molar refractivity (Wildman–Crippen MR) is 68.8 cm³/mol. The van der Waals surface area contributed by atoms with Gasteiger partial charge in [0.25, 0.3) is 0 Å². The second-order valence-electron chi connectivity index (χ2n) is 4.16. The van der Waals surface area contributed by atoms with E-state index >= 15 is 0 Å². The summed E-state index contributed by atoms with van der Waals surface area (Å²) in [6.07, 6.45) is 8.11. The van der Waals surface area contributed by atoms with Crippen molar-refractivity contribution >= 4 is 0 Å². The number of unbranched alkanes of at least 4 members (excludes halogenated alkanes) is 2. The highest BCUT2D eigenvalue weighted by Gasteiger charge is 2.05. The first kappa shape index (κ1) is 12.6. The number of rotatable bonds is 5. The highest BCUT2D eigenvalue weighted by atomic mass is 16.5. The molecule has 16 heavy (non-hydrogen) atoms. The second-order valence-corrected chi connectivity index (χ2v) is 4.16. The molecule has 0 N–H and O–H groups in total. The molecule has 86 valence electrons. The summed E-state index contributed by atoms with van der Waals surface area (Å²) in [7, 11) is 0. The quantitative estimate of drug-likeness (QED) is 0.537. The van der Waals surface area contributed by atoms with Gasteiger partial charge in [-0.1, -0.05) is 12.1 Å². The molecule has 0 spiro atoms. The van der Waals surface area contributed by atoms with E-state index in [0.29, 0.717) is 0 Å². The smallest absolute Gasteiger partial charge is 0.125 e. The molecule has 0 fully saturated rings. The van der Waals surface area contributed by atoms with Gasteiger partial charge in [0.05, 0.1) is 6.61 Å². The summed E-state index contributed by atoms with van der Waals surface area (Å²) in [6, 6.07) is 4.25. The van der Waals surface area contributed by atoms with Gasteiger partial charge < -0.3 is 4.74 Å². The predicted octanol–water partition coefficient (Wildman–Crippen LogP) is 3.79. The Hall–Kier alpha value is -1.42. The Morgan fingerprint density at radius 2 is 1.81 bits per heavy atom. The molecule has 0 bridgehead atoms. The van der Waals surface area contributed by atoms with Crippen LogP contribution in [0.25, 0.3) is 0 Å². The molecule has 0 saturated heterocycles. The number of hydrogen-bond donors (Lipinski definition) is 0. The molecule has 0 atom stereocenters. The largest absolute Gasteiger partial charge is 0.493 e. The fourth-order valence-electron chi connectivity index (χ4n) is 1.65. The van der Waals surface area contributed by atoms with Gasteiger partial charge in [-0.15, -0.1) is 12.3 Å². The summed E-state index contributed by atoms with van der Waals surface area (Å²) < 4.78 is 5.83. The van der Waals surface area contributed by atoms with Crippen molar-refractivity contribution in [3.8, 4) is 18.1 Å². The summed E-state index contributed by atoms with van der Waals surface area (Å²) in [5, 5.41) is 0. The first-order chi connectivity index (χ1) is 7.66. The third kappa shape index (κ3) is 3.31. The lowest BCUT2D eigenvalue weighted by atomic mass is 10.1. The van der Waals surface area contributed by atoms with E-state index in [1.54, 1.807) is 0 Å². The van der Waals surface area contributed by atoms with E-state index in [0.717, 1.165) is 31.6 Å². The maximum Gasteiger partial charge on any atom is 0.125 e. The van der Waals surface area contributed by atoms with E-state index in [2.05, 4.69) is 38.8 Å². The van der Waals surface area contributed by atoms with Crippen LogP contribution in [0.15, 0.2) is 12.1 Å². The lowest BCUT2D eigenvalue weighted by molar-refractivity contribution is 0.303. The van der Waals surface area contributed by atoms with E-state index < -0.39 is 0 Å². The number of ether oxygens (including phenoxy) is 1. The van der Waals surface area contributed by atoms with Gasteiger partial charge >= 0.3 is 0 Å². The van der Waals surface area contributed by atoms with Crippen molar-refractivity contribution in [1.29, 1.82) is 0 Å². The minimum atomic E-state index is 0.757. The zero-order chi connectivity index (χ0) is 12.0. The fourth-order valence-corrected chi connectivity index (χ4v) is 1.65. The molecule has 0 aliphatic heterocycles. The van der Waals surface area contributed by atoms with Crippen molar-refractivity contribution in [2.45, 2.75) is 40.0 Å². The van der Waals surface area contributed by atoms with Crippen molar-refractivity contribution < 1.29 is 4.74 Å². The van der Waals surface area contributed by atoms with Crippen LogP contribution in [0.1, 0.15) is 36.0 Å². The average Bonchev–Trinajstić information content (AvgIpc) is 2.28. The van der Waals surface area contributed by atoms with Crippen LogP contribution in [-0.4, -0.2) is 6.61 Å². The van der Waals surface area contributed by atoms with Crippen LogP contribution in [-0.2, 0) is 0 Å². The molecule has 1 nitrogen and oxygen atoms in total. The third-order valence-corrected chi connectivity index (χ3v) is 2.84. The minimum Gasteiger partial charge on any atom is -0.493 e. The molecule has 1 aromatic rings. The first-order valence-electron chi connectivity index (χ1n) is 5.80. The zero-order valence-electron chi connectivity index (χ0n) is 10.5. The number of terminal acetylenes is 1. The van der Waals surface area contributed by atoms with Crippen molar-refractivity contribution in [3.63, 3.8) is 0 Å². The molecule has 0 radical (unpaired) electrons. The monoisotopic (exact) mass is 216 g/mol. The molecule has 0 aromatic heterocycles. The normalized spacial score (nSPS) is 9.88. The van der Waals surface area contributed by atoms with Crippen molar-refractivity contribution in [2.75, 3.05) is 6.61 Å². The number of benzene rings is 1. The molecule has 1 aromatic carbocycles. The van der Waals surface area contributed by atoms with Crippen LogP contribution in [0.5, 0.6) is 5.75 Å². The molecular formula is C15H20O. The molecule has 0 aliphatic carbocycles. The zero-order valence-corrected chi connectivity index (χ0v) is 10.5. The van der Waals surface area contributed by atoms with Crippen LogP contribution in [0.4, 0.5) is 0 Å². The molecule has 0 heterocycles. The lowest BCUT2D eigenvalue weighted by Crippen LogP contribution is -2.01. The number of hydrogen-bond acceptors (Lipinski definition) is 1. The fraction of sp³-hybridized carbons (Fsp3) is 0.467. The van der Waals surface area contributed by atoms with Crippen LogP contribution in [0.3, 0.4) is 0 Å². The molecule has 1 heteroatoms. The van der Waals surface area contributed by atoms with Gasteiger partial charge in [-0.05, 0) is 50.3 Å². The summed E-state index contributed by atoms with van der Waals surface area (Å²) in [5.74, 6) is 3.69. The summed E-state index contributed by atoms with van der Waals surface area (Å²) >= 11 is 0. The van der Waals surface area contributed by atoms with Crippen LogP contribution >= 0.6 is 0 Å². The third-order valence-electron chi connectivity index (χ3n) is 2.84. The van der Waals surface area contributed by atoms with E-state index in [9.17, 15) is 0 Å². The maximum atomic E-state index is 5.83. The Balaban J connectivity index is 2.54. The van der Waals surface area contributed by atoms with Crippen molar-refractivity contribution in [2.24, 2.45) is 0 Å². The van der Waals surface area contributed by atoms with E-state index in [1.165, 1.54) is 16.7 Å². The van der Waals surface area contributed by atoms with E-state index in [1.807, 2.05) is 0 Å². The minimum absolute atomic E-state index is 0.757. The van der Waals surface area contributed by atoms with Gasteiger partial charge in [0.2, 0.25) is 0 Å². The highest BCUT2D eigenvalue weighted by molar-refractivity contribution is 5.44. The molecule has 0 unspecified atom stereocenters. The summed E-state index contributed by atoms with van der Waals surface area (Å²) in [4.78, 5) is 0. The summed E-state index contributed by atoms with van der Waals surface area (Å²) in [5.41, 5.74) is 3.74. The van der Waals surface area contributed by atoms with Crippen molar-refractivity contribution in [1.82, 2.24) is 0 Å². The Labute approximate surface area is 98.8 Å². The van der Waals surface area contributed by atoms with Crippen LogP contribution in [0, 0.1) is 33.1 Å². The Kier molecular flexibility index (Phi) is 4.92. The topological polar surface area (TPSA) is 9.23 Å². The van der Waals surface area contributed by atoms with Gasteiger partial charge in [-0.25, -0.2) is 0 Å². The van der Waals surface area contributed by atoms with Gasteiger partial charge in [0, 0.05) is 6.42 Å². The average molecular weight is 216 g/mol. The maximum absolute atomic E-state index is 5.83. The second kappa shape index (κ2) is 6.23. The lowest BCUT2D eigenvalue weighted by Gasteiger charge is -2.13. The highest BCUT2D eigenvalue weighted by Crippen LogP contribution is 2.25. The van der Waals surface area contributed by atoms with Gasteiger partial charge in [0.1, 0.15) is 5.75 Å². The molecular weight excluding hydrogens is 196 g/mol. The molecule has 0 amide bonds. The summed E-state index contributed by atoms with van der Waals surface area (Å²) in [6.45, 7) is 7.06. The van der Waals surface area contributed by atoms with E-state index in [-0.39, 0.29) is 0 Å². The van der Waals surface area contributed by atoms with Crippen LogP contribution in [0.2, 0.25) is 0 Å². The molecule has 0 aliphatic rings. The Morgan fingerprint density at radius 1 is 1.12 bits per heavy atom. The van der Waals surface area contributed by atoms with Crippen LogP contribution < -0.4 is 4.74 Å². The standard InChI is InChI=1S/C15H20O/c1-5-6-7-8-11-16-15-13(3)10-9-12(2)14(15)4/h1,9-10H,6-8,11H2,2-4H3. The number of aryl methyl sites for hydroxylation is 2. The van der Waals surface area contributed by atoms with Gasteiger partial charge in [-0.3, -0.25) is 0 Å². The first-order valence-corrected chi connectivity index (χ1v) is 5.80. The molecule has 0 saturated carbocycles. The SMILES string of the molecule is C#CCCCCOc1c(C)ccc(C)c1C. The molecule has 1 rings (SSSR count). The van der Waals surface area contributed by atoms with Gasteiger partial charge in [0.15, 0.2) is 0 Å². The Bertz CT molecular complexity index is 385. The van der Waals surface area contributed by atoms with Gasteiger partial charge in [-0.2, -0.15) is 0 Å². The Morgan fingerprint density at radius 3 is 2.50 bits per heavy atom. The van der Waals surface area contributed by atoms with E-state index in [4.69, 9.17) is 11.2 Å². The van der Waals surface area contributed by atoms with Crippen molar-refractivity contribution in [3.05, 3.63) is 28.8 Å².